The number of hydrogen-bond donors (Lipinski definition) is 1. The molecule has 1 atom stereocenters. The Bertz CT molecular complexity index is 424. The van der Waals surface area contributed by atoms with Gasteiger partial charge in [0.05, 0.1) is 11.6 Å². The Labute approximate surface area is 130 Å². The molecule has 0 aliphatic heterocycles. The van der Waals surface area contributed by atoms with Gasteiger partial charge in [-0.25, -0.2) is 0 Å². The summed E-state index contributed by atoms with van der Waals surface area (Å²) in [6, 6.07) is 7.10. The van der Waals surface area contributed by atoms with Crippen molar-refractivity contribution in [2.75, 3.05) is 3.94 Å². The van der Waals surface area contributed by atoms with Crippen molar-refractivity contribution in [1.82, 2.24) is 0 Å². The summed E-state index contributed by atoms with van der Waals surface area (Å²) in [6.45, 7) is 2.16. The van der Waals surface area contributed by atoms with Crippen LogP contribution in [0, 0.1) is 0 Å². The highest BCUT2D eigenvalue weighted by Gasteiger charge is 2.23. The average molecular weight is 318 g/mol. The maximum absolute atomic E-state index is 11.5. The molecule has 1 aromatic carbocycles. The van der Waals surface area contributed by atoms with E-state index in [1.165, 1.54) is 12.8 Å². The van der Waals surface area contributed by atoms with E-state index < -0.39 is 11.9 Å². The Balaban J connectivity index is 2.73. The molecular formula is C15H21Cl2NO2. The zero-order valence-electron chi connectivity index (χ0n) is 11.7. The van der Waals surface area contributed by atoms with Gasteiger partial charge in [-0.1, -0.05) is 57.2 Å². The number of nitrogens with zero attached hydrogens (tertiary/aromatic N) is 1. The minimum absolute atomic E-state index is 0.539. The standard InChI is InChI=1S/C15H21Cl2NO2/c1-2-3-4-5-6-10-13(15(19)20)12-9-7-8-11-14(12)18(16)17/h7-9,11,13H,2-6,10H2,1H3,(H,19,20). The molecule has 0 spiro atoms. The molecule has 0 heterocycles. The zero-order chi connectivity index (χ0) is 15.0. The van der Waals surface area contributed by atoms with Crippen molar-refractivity contribution in [3.63, 3.8) is 0 Å². The SMILES string of the molecule is CCCCCCCC(C(=O)O)c1ccccc1N(Cl)Cl. The largest absolute Gasteiger partial charge is 0.481 e. The Kier molecular flexibility index (Phi) is 7.78. The minimum atomic E-state index is -0.830. The molecule has 0 radical (unpaired) electrons. The van der Waals surface area contributed by atoms with Crippen LogP contribution in [-0.4, -0.2) is 11.1 Å². The summed E-state index contributed by atoms with van der Waals surface area (Å²) in [5.74, 6) is -1.39. The van der Waals surface area contributed by atoms with Crippen LogP contribution >= 0.6 is 23.6 Å². The van der Waals surface area contributed by atoms with Gasteiger partial charge < -0.3 is 5.11 Å². The third kappa shape index (κ3) is 5.22. The summed E-state index contributed by atoms with van der Waals surface area (Å²) in [5.41, 5.74) is 1.21. The number of rotatable bonds is 9. The first-order valence-electron chi connectivity index (χ1n) is 7.01. The first kappa shape index (κ1) is 17.1. The predicted octanol–water partition coefficient (Wildman–Crippen LogP) is 5.33. The highest BCUT2D eigenvalue weighted by molar-refractivity contribution is 6.49. The second-order valence-electron chi connectivity index (χ2n) is 4.89. The van der Waals surface area contributed by atoms with Crippen molar-refractivity contribution >= 4 is 35.2 Å². The third-order valence-corrected chi connectivity index (χ3v) is 3.75. The molecule has 0 aliphatic carbocycles. The molecule has 0 saturated heterocycles. The van der Waals surface area contributed by atoms with E-state index in [1.807, 2.05) is 6.07 Å². The molecular weight excluding hydrogens is 297 g/mol. The van der Waals surface area contributed by atoms with Gasteiger partial charge in [-0.15, -0.1) is 0 Å². The molecule has 1 rings (SSSR count). The van der Waals surface area contributed by atoms with Gasteiger partial charge in [0.25, 0.3) is 0 Å². The van der Waals surface area contributed by atoms with Crippen LogP contribution in [0.5, 0.6) is 0 Å². The van der Waals surface area contributed by atoms with Crippen molar-refractivity contribution in [2.45, 2.75) is 51.4 Å². The van der Waals surface area contributed by atoms with Crippen LogP contribution in [-0.2, 0) is 4.79 Å². The van der Waals surface area contributed by atoms with Crippen LogP contribution in [0.3, 0.4) is 0 Å². The lowest BCUT2D eigenvalue weighted by Gasteiger charge is -2.18. The lowest BCUT2D eigenvalue weighted by Crippen LogP contribution is -2.14. The smallest absolute Gasteiger partial charge is 0.311 e. The highest BCUT2D eigenvalue weighted by Crippen LogP contribution is 2.33. The topological polar surface area (TPSA) is 40.5 Å². The fraction of sp³-hybridized carbons (Fsp3) is 0.533. The maximum Gasteiger partial charge on any atom is 0.311 e. The lowest BCUT2D eigenvalue weighted by molar-refractivity contribution is -0.139. The molecule has 1 unspecified atom stereocenters. The van der Waals surface area contributed by atoms with Crippen molar-refractivity contribution in [1.29, 1.82) is 0 Å². The van der Waals surface area contributed by atoms with E-state index >= 15 is 0 Å². The Morgan fingerprint density at radius 1 is 1.20 bits per heavy atom. The fourth-order valence-electron chi connectivity index (χ4n) is 2.30. The van der Waals surface area contributed by atoms with Crippen molar-refractivity contribution in [2.24, 2.45) is 0 Å². The van der Waals surface area contributed by atoms with Crippen LogP contribution in [0.15, 0.2) is 24.3 Å². The summed E-state index contributed by atoms with van der Waals surface area (Å²) in [6.07, 6.45) is 6.10. The monoisotopic (exact) mass is 317 g/mol. The first-order valence-corrected chi connectivity index (χ1v) is 7.69. The second kappa shape index (κ2) is 9.09. The van der Waals surface area contributed by atoms with E-state index in [1.54, 1.807) is 18.2 Å². The number of halogens is 2. The number of para-hydroxylation sites is 1. The molecule has 20 heavy (non-hydrogen) atoms. The minimum Gasteiger partial charge on any atom is -0.481 e. The van der Waals surface area contributed by atoms with Gasteiger partial charge in [0, 0.05) is 23.6 Å². The molecule has 112 valence electrons. The summed E-state index contributed by atoms with van der Waals surface area (Å²) in [4.78, 5) is 11.5. The van der Waals surface area contributed by atoms with E-state index in [9.17, 15) is 9.90 Å². The molecule has 1 N–H and O–H groups in total. The number of carboxylic acid groups (broad SMARTS) is 1. The Morgan fingerprint density at radius 3 is 2.45 bits per heavy atom. The maximum atomic E-state index is 11.5. The van der Waals surface area contributed by atoms with Crippen LogP contribution in [0.25, 0.3) is 0 Å². The van der Waals surface area contributed by atoms with E-state index in [2.05, 4.69) is 6.92 Å². The van der Waals surface area contributed by atoms with Crippen LogP contribution < -0.4 is 3.94 Å². The number of benzene rings is 1. The first-order chi connectivity index (χ1) is 9.57. The number of unbranched alkanes of at least 4 members (excludes halogenated alkanes) is 4. The quantitative estimate of drug-likeness (QED) is 0.494. The molecule has 0 fully saturated rings. The number of carboxylic acids is 1. The molecule has 1 aromatic rings. The normalized spacial score (nSPS) is 12.2. The molecule has 5 heteroatoms. The van der Waals surface area contributed by atoms with Crippen molar-refractivity contribution < 1.29 is 9.90 Å². The zero-order valence-corrected chi connectivity index (χ0v) is 13.2. The van der Waals surface area contributed by atoms with E-state index in [0.29, 0.717) is 17.7 Å². The molecule has 0 aliphatic rings. The van der Waals surface area contributed by atoms with Gasteiger partial charge in [0.1, 0.15) is 0 Å². The second-order valence-corrected chi connectivity index (χ2v) is 5.73. The number of aliphatic carboxylic acids is 1. The summed E-state index contributed by atoms with van der Waals surface area (Å²) < 4.78 is 0.933. The van der Waals surface area contributed by atoms with Gasteiger partial charge in [0.2, 0.25) is 0 Å². The fourth-order valence-corrected chi connectivity index (χ4v) is 2.61. The lowest BCUT2D eigenvalue weighted by atomic mass is 9.92. The summed E-state index contributed by atoms with van der Waals surface area (Å²) in [7, 11) is 0. The highest BCUT2D eigenvalue weighted by atomic mass is 35.5. The number of hydrogen-bond acceptors (Lipinski definition) is 2. The Hall–Kier alpha value is -0.930. The molecule has 3 nitrogen and oxygen atoms in total. The van der Waals surface area contributed by atoms with Gasteiger partial charge in [-0.2, -0.15) is 3.94 Å². The van der Waals surface area contributed by atoms with Crippen molar-refractivity contribution in [3.8, 4) is 0 Å². The summed E-state index contributed by atoms with van der Waals surface area (Å²) in [5, 5.41) is 9.43. The van der Waals surface area contributed by atoms with Gasteiger partial charge in [-0.05, 0) is 18.1 Å². The van der Waals surface area contributed by atoms with Crippen LogP contribution in [0.2, 0.25) is 0 Å². The number of anilines is 1. The summed E-state index contributed by atoms with van der Waals surface area (Å²) >= 11 is 11.5. The van der Waals surface area contributed by atoms with Gasteiger partial charge in [0.15, 0.2) is 0 Å². The molecule has 0 aromatic heterocycles. The van der Waals surface area contributed by atoms with E-state index in [0.717, 1.165) is 23.2 Å². The Morgan fingerprint density at radius 2 is 1.85 bits per heavy atom. The van der Waals surface area contributed by atoms with Crippen molar-refractivity contribution in [3.05, 3.63) is 29.8 Å². The van der Waals surface area contributed by atoms with Gasteiger partial charge >= 0.3 is 5.97 Å². The third-order valence-electron chi connectivity index (χ3n) is 3.39. The van der Waals surface area contributed by atoms with E-state index in [-0.39, 0.29) is 0 Å². The predicted molar refractivity (Wildman–Crippen MR) is 84.4 cm³/mol. The van der Waals surface area contributed by atoms with Gasteiger partial charge in [-0.3, -0.25) is 4.79 Å². The van der Waals surface area contributed by atoms with E-state index in [4.69, 9.17) is 23.6 Å². The molecule has 0 saturated carbocycles. The van der Waals surface area contributed by atoms with Crippen LogP contribution in [0.4, 0.5) is 5.69 Å². The number of carbonyl (C=O) groups is 1. The van der Waals surface area contributed by atoms with Crippen LogP contribution in [0.1, 0.15) is 56.9 Å². The molecule has 0 amide bonds. The molecule has 0 bridgehead atoms. The average Bonchev–Trinajstić information content (AvgIpc) is 2.42.